The molecule has 0 aliphatic carbocycles. The Kier molecular flexibility index (Phi) is 5.99. The van der Waals surface area contributed by atoms with E-state index in [2.05, 4.69) is 39.6 Å². The second-order valence-corrected chi connectivity index (χ2v) is 6.23. The molecule has 0 amide bonds. The third kappa shape index (κ3) is 4.41. The van der Waals surface area contributed by atoms with Crippen LogP contribution in [0.1, 0.15) is 34.9 Å². The van der Waals surface area contributed by atoms with Crippen LogP contribution in [0.15, 0.2) is 60.7 Å². The standard InChI is InChI=1S/C21H16ClN5/c22-20-21(27-19(14-24)18(13-23)26-20)25-12-11-17(15-7-3-1-4-8-15)16-9-5-2-6-10-16/h1-10,17H,11-12H2,(H,25,27). The molecule has 0 aliphatic rings. The van der Waals surface area contributed by atoms with E-state index >= 15 is 0 Å². The molecule has 0 atom stereocenters. The number of nitrogens with zero attached hydrogens (tertiary/aromatic N) is 4. The van der Waals surface area contributed by atoms with Gasteiger partial charge in [-0.3, -0.25) is 0 Å². The third-order valence-electron chi connectivity index (χ3n) is 4.19. The minimum Gasteiger partial charge on any atom is -0.367 e. The van der Waals surface area contributed by atoms with Crippen molar-refractivity contribution in [2.24, 2.45) is 0 Å². The highest BCUT2D eigenvalue weighted by Gasteiger charge is 2.15. The normalized spacial score (nSPS) is 10.2. The molecule has 0 radical (unpaired) electrons. The van der Waals surface area contributed by atoms with Crippen molar-refractivity contribution in [3.05, 3.63) is 88.3 Å². The van der Waals surface area contributed by atoms with Crippen molar-refractivity contribution >= 4 is 17.4 Å². The van der Waals surface area contributed by atoms with Crippen LogP contribution >= 0.6 is 11.6 Å². The summed E-state index contributed by atoms with van der Waals surface area (Å²) in [7, 11) is 0. The molecule has 132 valence electrons. The Morgan fingerprint density at radius 3 is 1.89 bits per heavy atom. The van der Waals surface area contributed by atoms with Crippen LogP contribution in [-0.4, -0.2) is 16.5 Å². The van der Waals surface area contributed by atoms with E-state index in [0.717, 1.165) is 6.42 Å². The number of hydrogen-bond acceptors (Lipinski definition) is 5. The largest absolute Gasteiger partial charge is 0.367 e. The smallest absolute Gasteiger partial charge is 0.179 e. The summed E-state index contributed by atoms with van der Waals surface area (Å²) >= 11 is 6.09. The van der Waals surface area contributed by atoms with Crippen LogP contribution in [0.2, 0.25) is 5.15 Å². The van der Waals surface area contributed by atoms with Crippen LogP contribution in [0.4, 0.5) is 5.82 Å². The molecule has 1 aromatic heterocycles. The van der Waals surface area contributed by atoms with E-state index < -0.39 is 0 Å². The van der Waals surface area contributed by atoms with Crippen LogP contribution in [0.5, 0.6) is 0 Å². The van der Waals surface area contributed by atoms with Gasteiger partial charge < -0.3 is 5.32 Å². The quantitative estimate of drug-likeness (QED) is 0.687. The molecule has 0 saturated heterocycles. The number of benzene rings is 2. The lowest BCUT2D eigenvalue weighted by molar-refractivity contribution is 0.742. The summed E-state index contributed by atoms with van der Waals surface area (Å²) in [6, 6.07) is 24.3. The molecule has 5 nitrogen and oxygen atoms in total. The average Bonchev–Trinajstić information content (AvgIpc) is 2.73. The Hall–Kier alpha value is -3.41. The lowest BCUT2D eigenvalue weighted by atomic mass is 9.88. The van der Waals surface area contributed by atoms with Gasteiger partial charge in [-0.1, -0.05) is 72.3 Å². The van der Waals surface area contributed by atoms with Gasteiger partial charge in [-0.25, -0.2) is 9.97 Å². The lowest BCUT2D eigenvalue weighted by Gasteiger charge is -2.19. The molecule has 0 bridgehead atoms. The Balaban J connectivity index is 1.78. The molecular formula is C21H16ClN5. The van der Waals surface area contributed by atoms with Crippen molar-refractivity contribution < 1.29 is 0 Å². The van der Waals surface area contributed by atoms with Gasteiger partial charge in [-0.2, -0.15) is 10.5 Å². The molecule has 3 rings (SSSR count). The molecular weight excluding hydrogens is 358 g/mol. The van der Waals surface area contributed by atoms with Crippen molar-refractivity contribution in [1.82, 2.24) is 9.97 Å². The van der Waals surface area contributed by atoms with Crippen molar-refractivity contribution in [1.29, 1.82) is 10.5 Å². The lowest BCUT2D eigenvalue weighted by Crippen LogP contribution is -2.12. The van der Waals surface area contributed by atoms with Gasteiger partial charge in [-0.05, 0) is 17.5 Å². The SMILES string of the molecule is N#Cc1nc(Cl)c(NCCC(c2ccccc2)c2ccccc2)nc1C#N. The fourth-order valence-electron chi connectivity index (χ4n) is 2.91. The first-order chi connectivity index (χ1) is 13.2. The molecule has 2 aromatic carbocycles. The molecule has 0 aliphatic heterocycles. The summed E-state index contributed by atoms with van der Waals surface area (Å²) in [5, 5.41) is 21.3. The Labute approximate surface area is 162 Å². The van der Waals surface area contributed by atoms with Crippen LogP contribution in [0.25, 0.3) is 0 Å². The monoisotopic (exact) mass is 373 g/mol. The minimum atomic E-state index is -0.0699. The van der Waals surface area contributed by atoms with Gasteiger partial charge in [0, 0.05) is 12.5 Å². The van der Waals surface area contributed by atoms with Gasteiger partial charge in [-0.15, -0.1) is 0 Å². The number of halogens is 1. The van der Waals surface area contributed by atoms with Crippen molar-refractivity contribution in [3.63, 3.8) is 0 Å². The van der Waals surface area contributed by atoms with E-state index in [1.807, 2.05) is 48.5 Å². The number of hydrogen-bond donors (Lipinski definition) is 1. The number of nitrogens with one attached hydrogen (secondary N) is 1. The Bertz CT molecular complexity index is 951. The molecule has 1 heterocycles. The van der Waals surface area contributed by atoms with Gasteiger partial charge in [0.2, 0.25) is 0 Å². The predicted molar refractivity (Wildman–Crippen MR) is 104 cm³/mol. The fourth-order valence-corrected chi connectivity index (χ4v) is 3.11. The first-order valence-corrected chi connectivity index (χ1v) is 8.82. The van der Waals surface area contributed by atoms with Crippen LogP contribution in [-0.2, 0) is 0 Å². The van der Waals surface area contributed by atoms with E-state index in [9.17, 15) is 0 Å². The first kappa shape index (κ1) is 18.4. The van der Waals surface area contributed by atoms with Gasteiger partial charge in [0.05, 0.1) is 0 Å². The summed E-state index contributed by atoms with van der Waals surface area (Å²) in [4.78, 5) is 8.05. The second kappa shape index (κ2) is 8.80. The summed E-state index contributed by atoms with van der Waals surface area (Å²) in [5.41, 5.74) is 2.34. The average molecular weight is 374 g/mol. The zero-order chi connectivity index (χ0) is 19.1. The maximum absolute atomic E-state index is 9.10. The van der Waals surface area contributed by atoms with Gasteiger partial charge in [0.15, 0.2) is 22.4 Å². The number of anilines is 1. The summed E-state index contributed by atoms with van der Waals surface area (Å²) in [6.07, 6.45) is 0.800. The minimum absolute atomic E-state index is 0.0351. The Morgan fingerprint density at radius 1 is 0.852 bits per heavy atom. The predicted octanol–water partition coefficient (Wildman–Crippen LogP) is 4.51. The van der Waals surface area contributed by atoms with Gasteiger partial charge in [0.25, 0.3) is 0 Å². The number of rotatable bonds is 6. The molecule has 3 aromatic rings. The van der Waals surface area contributed by atoms with Crippen molar-refractivity contribution in [3.8, 4) is 12.1 Å². The molecule has 1 N–H and O–H groups in total. The molecule has 6 heteroatoms. The third-order valence-corrected chi connectivity index (χ3v) is 4.46. The maximum Gasteiger partial charge on any atom is 0.179 e. The fraction of sp³-hybridized carbons (Fsp3) is 0.143. The highest BCUT2D eigenvalue weighted by molar-refractivity contribution is 6.31. The molecule has 0 saturated carbocycles. The summed E-state index contributed by atoms with van der Waals surface area (Å²) < 4.78 is 0. The van der Waals surface area contributed by atoms with E-state index in [-0.39, 0.29) is 22.5 Å². The molecule has 0 fully saturated rings. The van der Waals surface area contributed by atoms with E-state index in [1.54, 1.807) is 0 Å². The van der Waals surface area contributed by atoms with Gasteiger partial charge >= 0.3 is 0 Å². The molecule has 0 unspecified atom stereocenters. The topological polar surface area (TPSA) is 85.4 Å². The van der Waals surface area contributed by atoms with E-state index in [1.165, 1.54) is 11.1 Å². The maximum atomic E-state index is 9.10. The van der Waals surface area contributed by atoms with Crippen molar-refractivity contribution in [2.45, 2.75) is 12.3 Å². The summed E-state index contributed by atoms with van der Waals surface area (Å²) in [5.74, 6) is 0.521. The second-order valence-electron chi connectivity index (χ2n) is 5.87. The molecule has 0 spiro atoms. The first-order valence-electron chi connectivity index (χ1n) is 8.44. The summed E-state index contributed by atoms with van der Waals surface area (Å²) in [6.45, 7) is 0.583. The van der Waals surface area contributed by atoms with E-state index in [4.69, 9.17) is 22.1 Å². The van der Waals surface area contributed by atoms with E-state index in [0.29, 0.717) is 12.4 Å². The highest BCUT2D eigenvalue weighted by atomic mass is 35.5. The van der Waals surface area contributed by atoms with Crippen LogP contribution < -0.4 is 5.32 Å². The van der Waals surface area contributed by atoms with Crippen molar-refractivity contribution in [2.75, 3.05) is 11.9 Å². The zero-order valence-electron chi connectivity index (χ0n) is 14.4. The van der Waals surface area contributed by atoms with Crippen LogP contribution in [0.3, 0.4) is 0 Å². The zero-order valence-corrected chi connectivity index (χ0v) is 15.2. The molecule has 27 heavy (non-hydrogen) atoms. The van der Waals surface area contributed by atoms with Gasteiger partial charge in [0.1, 0.15) is 12.1 Å². The number of aromatic nitrogens is 2. The Morgan fingerprint density at radius 2 is 1.37 bits per heavy atom. The number of nitriles is 2. The highest BCUT2D eigenvalue weighted by Crippen LogP contribution is 2.28. The van der Waals surface area contributed by atoms with Crippen LogP contribution in [0, 0.1) is 22.7 Å².